The van der Waals surface area contributed by atoms with Crippen molar-refractivity contribution < 1.29 is 14.6 Å². The summed E-state index contributed by atoms with van der Waals surface area (Å²) >= 11 is 0. The summed E-state index contributed by atoms with van der Waals surface area (Å²) in [5, 5.41) is 15.0. The Labute approximate surface area is 164 Å². The van der Waals surface area contributed by atoms with Crippen LogP contribution in [0.3, 0.4) is 0 Å². The molecule has 0 fully saturated rings. The van der Waals surface area contributed by atoms with Crippen LogP contribution in [0.4, 0.5) is 0 Å². The molecule has 0 unspecified atom stereocenters. The van der Waals surface area contributed by atoms with Gasteiger partial charge in [0.2, 0.25) is 5.91 Å². The number of carbonyl (C=O) groups is 1. The first-order chi connectivity index (χ1) is 13.7. The lowest BCUT2D eigenvalue weighted by molar-refractivity contribution is -0.120. The fourth-order valence-electron chi connectivity index (χ4n) is 2.78. The lowest BCUT2D eigenvalue weighted by Gasteiger charge is -2.15. The van der Waals surface area contributed by atoms with E-state index >= 15 is 0 Å². The fraction of sp³-hybridized carbons (Fsp3) is 0.130. The molecule has 2 N–H and O–H groups in total. The Hall–Kier alpha value is -3.44. The normalized spacial score (nSPS) is 12.3. The summed E-state index contributed by atoms with van der Waals surface area (Å²) in [6.07, 6.45) is -0.776. The van der Waals surface area contributed by atoms with Crippen molar-refractivity contribution in [1.82, 2.24) is 5.43 Å². The molecule has 0 heterocycles. The van der Waals surface area contributed by atoms with Crippen LogP contribution in [-0.4, -0.2) is 23.8 Å². The largest absolute Gasteiger partial charge is 0.497 e. The van der Waals surface area contributed by atoms with Gasteiger partial charge in [-0.15, -0.1) is 0 Å². The molecule has 3 aromatic rings. The molecule has 0 aliphatic rings. The molecule has 3 aromatic carbocycles. The predicted octanol–water partition coefficient (Wildman–Crippen LogP) is 3.49. The average Bonchev–Trinajstić information content (AvgIpc) is 2.75. The first-order valence-electron chi connectivity index (χ1n) is 8.95. The molecule has 0 aliphatic heterocycles. The monoisotopic (exact) mass is 374 g/mol. The Morgan fingerprint density at radius 3 is 2.18 bits per heavy atom. The van der Waals surface area contributed by atoms with Gasteiger partial charge >= 0.3 is 0 Å². The first kappa shape index (κ1) is 19.3. The van der Waals surface area contributed by atoms with Crippen molar-refractivity contribution in [2.45, 2.75) is 12.5 Å². The van der Waals surface area contributed by atoms with E-state index in [0.717, 1.165) is 16.9 Å². The number of aliphatic hydroxyl groups is 1. The molecule has 142 valence electrons. The van der Waals surface area contributed by atoms with Crippen molar-refractivity contribution in [3.63, 3.8) is 0 Å². The molecule has 1 atom stereocenters. The molecule has 5 nitrogen and oxygen atoms in total. The molecule has 0 radical (unpaired) electrons. The van der Waals surface area contributed by atoms with Gasteiger partial charge in [-0.2, -0.15) is 5.10 Å². The van der Waals surface area contributed by atoms with Crippen molar-refractivity contribution in [3.05, 3.63) is 102 Å². The molecular weight excluding hydrogens is 352 g/mol. The quantitative estimate of drug-likeness (QED) is 0.491. The molecule has 3 rings (SSSR count). The van der Waals surface area contributed by atoms with E-state index in [0.29, 0.717) is 11.3 Å². The van der Waals surface area contributed by atoms with E-state index in [2.05, 4.69) is 10.5 Å². The van der Waals surface area contributed by atoms with Gasteiger partial charge in [-0.3, -0.25) is 4.79 Å². The zero-order chi connectivity index (χ0) is 19.8. The second kappa shape index (κ2) is 9.48. The van der Waals surface area contributed by atoms with Crippen LogP contribution in [0.5, 0.6) is 5.75 Å². The average molecular weight is 374 g/mol. The molecule has 0 bridgehead atoms. The Bertz CT molecular complexity index is 923. The topological polar surface area (TPSA) is 70.9 Å². The second-order valence-electron chi connectivity index (χ2n) is 6.24. The van der Waals surface area contributed by atoms with Crippen LogP contribution in [0.2, 0.25) is 0 Å². The highest BCUT2D eigenvalue weighted by molar-refractivity contribution is 6.04. The van der Waals surface area contributed by atoms with Gasteiger partial charge < -0.3 is 9.84 Å². The van der Waals surface area contributed by atoms with Crippen molar-refractivity contribution >= 4 is 11.6 Å². The summed E-state index contributed by atoms with van der Waals surface area (Å²) < 4.78 is 5.12. The molecular formula is C23H22N2O3. The van der Waals surface area contributed by atoms with Crippen molar-refractivity contribution in [2.75, 3.05) is 7.11 Å². The highest BCUT2D eigenvalue weighted by Gasteiger charge is 2.17. The van der Waals surface area contributed by atoms with Gasteiger partial charge in [0.15, 0.2) is 0 Å². The van der Waals surface area contributed by atoms with Crippen LogP contribution in [-0.2, 0) is 11.2 Å². The minimum atomic E-state index is -0.954. The Kier molecular flexibility index (Phi) is 6.54. The molecule has 5 heteroatoms. The molecule has 28 heavy (non-hydrogen) atoms. The maximum Gasteiger partial charge on any atom is 0.244 e. The third-order valence-corrected chi connectivity index (χ3v) is 4.27. The van der Waals surface area contributed by atoms with Crippen LogP contribution in [0.25, 0.3) is 0 Å². The lowest BCUT2D eigenvalue weighted by Crippen LogP contribution is -2.24. The number of ether oxygens (including phenoxy) is 1. The number of rotatable bonds is 7. The van der Waals surface area contributed by atoms with Crippen molar-refractivity contribution in [2.24, 2.45) is 5.10 Å². The standard InChI is InChI=1S/C23H22N2O3/c1-28-20-14-12-17(13-15-20)16-21(26)24-25-22(18-8-4-2-5-9-18)23(27)19-10-6-3-7-11-19/h2-15,23,27H,16H2,1H3,(H,24,26)/b25-22+/t23-/m0/s1. The molecule has 1 amide bonds. The van der Waals surface area contributed by atoms with E-state index in [4.69, 9.17) is 4.74 Å². The number of hydrazone groups is 1. The first-order valence-corrected chi connectivity index (χ1v) is 8.95. The Morgan fingerprint density at radius 2 is 1.57 bits per heavy atom. The second-order valence-corrected chi connectivity index (χ2v) is 6.24. The smallest absolute Gasteiger partial charge is 0.244 e. The van der Waals surface area contributed by atoms with Gasteiger partial charge in [-0.1, -0.05) is 72.8 Å². The van der Waals surface area contributed by atoms with E-state index in [-0.39, 0.29) is 12.3 Å². The summed E-state index contributed by atoms with van der Waals surface area (Å²) in [5.74, 6) is 0.471. The van der Waals surface area contributed by atoms with Crippen LogP contribution < -0.4 is 10.2 Å². The predicted molar refractivity (Wildman–Crippen MR) is 109 cm³/mol. The van der Waals surface area contributed by atoms with E-state index in [1.54, 1.807) is 19.2 Å². The summed E-state index contributed by atoms with van der Waals surface area (Å²) in [4.78, 5) is 12.3. The highest BCUT2D eigenvalue weighted by atomic mass is 16.5. The number of nitrogens with zero attached hydrogens (tertiary/aromatic N) is 1. The van der Waals surface area contributed by atoms with Gasteiger partial charge in [0, 0.05) is 5.56 Å². The maximum absolute atomic E-state index is 12.3. The summed E-state index contributed by atoms with van der Waals surface area (Å²) in [5.41, 5.74) is 5.24. The number of hydrogen-bond acceptors (Lipinski definition) is 4. The van der Waals surface area contributed by atoms with Gasteiger partial charge in [0.25, 0.3) is 0 Å². The number of nitrogens with one attached hydrogen (secondary N) is 1. The van der Waals surface area contributed by atoms with Crippen molar-refractivity contribution in [1.29, 1.82) is 0 Å². The lowest BCUT2D eigenvalue weighted by atomic mass is 9.99. The molecule has 0 saturated carbocycles. The van der Waals surface area contributed by atoms with Gasteiger partial charge in [0.1, 0.15) is 17.6 Å². The number of carbonyl (C=O) groups excluding carboxylic acids is 1. The number of hydrogen-bond donors (Lipinski definition) is 2. The number of aliphatic hydroxyl groups excluding tert-OH is 1. The zero-order valence-electron chi connectivity index (χ0n) is 15.6. The molecule has 0 spiro atoms. The fourth-order valence-corrected chi connectivity index (χ4v) is 2.78. The third kappa shape index (κ3) is 5.05. The zero-order valence-corrected chi connectivity index (χ0v) is 15.6. The third-order valence-electron chi connectivity index (χ3n) is 4.27. The Balaban J connectivity index is 1.77. The number of benzene rings is 3. The summed E-state index contributed by atoms with van der Waals surface area (Å²) in [7, 11) is 1.60. The van der Waals surface area contributed by atoms with E-state index < -0.39 is 6.10 Å². The number of methoxy groups -OCH3 is 1. The van der Waals surface area contributed by atoms with Gasteiger partial charge in [-0.05, 0) is 23.3 Å². The van der Waals surface area contributed by atoms with E-state index in [9.17, 15) is 9.90 Å². The maximum atomic E-state index is 12.3. The highest BCUT2D eigenvalue weighted by Crippen LogP contribution is 2.19. The van der Waals surface area contributed by atoms with Crippen LogP contribution >= 0.6 is 0 Å². The molecule has 0 aliphatic carbocycles. The minimum Gasteiger partial charge on any atom is -0.497 e. The van der Waals surface area contributed by atoms with Crippen LogP contribution in [0.1, 0.15) is 22.8 Å². The Morgan fingerprint density at radius 1 is 0.964 bits per heavy atom. The molecule has 0 aromatic heterocycles. The van der Waals surface area contributed by atoms with Crippen molar-refractivity contribution in [3.8, 4) is 5.75 Å². The van der Waals surface area contributed by atoms with E-state index in [1.165, 1.54) is 0 Å². The van der Waals surface area contributed by atoms with Gasteiger partial charge in [0.05, 0.1) is 13.5 Å². The number of amides is 1. The summed E-state index contributed by atoms with van der Waals surface area (Å²) in [6, 6.07) is 25.8. The summed E-state index contributed by atoms with van der Waals surface area (Å²) in [6.45, 7) is 0. The van der Waals surface area contributed by atoms with Crippen LogP contribution in [0.15, 0.2) is 90.0 Å². The molecule has 0 saturated heterocycles. The minimum absolute atomic E-state index is 0.178. The SMILES string of the molecule is COc1ccc(CC(=O)N/N=C(\c2ccccc2)[C@@H](O)c2ccccc2)cc1. The van der Waals surface area contributed by atoms with Gasteiger partial charge in [-0.25, -0.2) is 5.43 Å². The van der Waals surface area contributed by atoms with Crippen LogP contribution in [0, 0.1) is 0 Å². The van der Waals surface area contributed by atoms with E-state index in [1.807, 2.05) is 72.8 Å².